The van der Waals surface area contributed by atoms with Gasteiger partial charge in [-0.15, -0.1) is 0 Å². The van der Waals surface area contributed by atoms with Crippen LogP contribution in [0.1, 0.15) is 48.8 Å². The first-order chi connectivity index (χ1) is 14.6. The Morgan fingerprint density at radius 2 is 1.77 bits per heavy atom. The molecule has 0 radical (unpaired) electrons. The normalized spacial score (nSPS) is 18.9. The topological polar surface area (TPSA) is 70.0 Å². The monoisotopic (exact) mass is 409 g/mol. The Kier molecular flexibility index (Phi) is 6.40. The molecule has 2 aliphatic rings. The van der Waals surface area contributed by atoms with Crippen LogP contribution < -0.4 is 0 Å². The second-order valence-electron chi connectivity index (χ2n) is 8.61. The third-order valence-corrected chi connectivity index (χ3v) is 6.70. The van der Waals surface area contributed by atoms with Crippen LogP contribution in [0.3, 0.4) is 0 Å². The van der Waals surface area contributed by atoms with Gasteiger partial charge in [0.05, 0.1) is 19.6 Å². The molecule has 4 rings (SSSR count). The van der Waals surface area contributed by atoms with Crippen molar-refractivity contribution in [2.24, 2.45) is 0 Å². The summed E-state index contributed by atoms with van der Waals surface area (Å²) in [5.74, 6) is -0.509. The van der Waals surface area contributed by atoms with E-state index in [1.54, 1.807) is 6.07 Å². The summed E-state index contributed by atoms with van der Waals surface area (Å²) in [5.41, 5.74) is 3.12. The smallest absolute Gasteiger partial charge is 0.305 e. The van der Waals surface area contributed by atoms with Gasteiger partial charge in [-0.25, -0.2) is 0 Å². The Morgan fingerprint density at radius 1 is 1.03 bits per heavy atom. The molecule has 2 fully saturated rings. The van der Waals surface area contributed by atoms with E-state index in [2.05, 4.69) is 35.2 Å². The van der Waals surface area contributed by atoms with Gasteiger partial charge >= 0.3 is 5.97 Å². The van der Waals surface area contributed by atoms with Crippen molar-refractivity contribution < 1.29 is 19.7 Å². The molecule has 2 aromatic carbocycles. The Labute approximate surface area is 178 Å². The van der Waals surface area contributed by atoms with Crippen molar-refractivity contribution >= 4 is 5.97 Å². The molecule has 30 heavy (non-hydrogen) atoms. The van der Waals surface area contributed by atoms with Gasteiger partial charge in [0, 0.05) is 30.1 Å². The molecule has 1 aliphatic heterocycles. The van der Waals surface area contributed by atoms with Gasteiger partial charge in [0.2, 0.25) is 0 Å². The molecule has 160 valence electrons. The van der Waals surface area contributed by atoms with Crippen molar-refractivity contribution in [3.63, 3.8) is 0 Å². The van der Waals surface area contributed by atoms with Crippen LogP contribution in [0.2, 0.25) is 0 Å². The zero-order chi connectivity index (χ0) is 21.0. The van der Waals surface area contributed by atoms with E-state index in [0.717, 1.165) is 24.2 Å². The number of carboxylic acids is 1. The summed E-state index contributed by atoms with van der Waals surface area (Å²) in [4.78, 5) is 13.3. The van der Waals surface area contributed by atoms with E-state index in [9.17, 15) is 9.90 Å². The fraction of sp³-hybridized carbons (Fsp3) is 0.480. The fourth-order valence-corrected chi connectivity index (χ4v) is 5.21. The molecule has 0 spiro atoms. The number of carbonyl (C=O) groups is 1. The summed E-state index contributed by atoms with van der Waals surface area (Å²) >= 11 is 0. The maximum absolute atomic E-state index is 10.9. The maximum atomic E-state index is 10.9. The number of rotatable bonds is 9. The lowest BCUT2D eigenvalue weighted by Crippen LogP contribution is -2.62. The Bertz CT molecular complexity index is 855. The number of phenolic OH excluding ortho intramolecular Hbond substituents is 1. The molecule has 0 aromatic heterocycles. The predicted molar refractivity (Wildman–Crippen MR) is 116 cm³/mol. The average molecular weight is 410 g/mol. The zero-order valence-electron chi connectivity index (χ0n) is 17.4. The number of nitrogens with zero attached hydrogens (tertiary/aromatic N) is 1. The highest BCUT2D eigenvalue weighted by Crippen LogP contribution is 2.48. The van der Waals surface area contributed by atoms with E-state index in [-0.39, 0.29) is 18.4 Å². The van der Waals surface area contributed by atoms with Gasteiger partial charge in [-0.1, -0.05) is 55.3 Å². The van der Waals surface area contributed by atoms with Crippen molar-refractivity contribution in [3.05, 3.63) is 65.2 Å². The van der Waals surface area contributed by atoms with Crippen LogP contribution in [0.15, 0.2) is 48.5 Å². The lowest BCUT2D eigenvalue weighted by molar-refractivity contribution is -0.138. The molecular formula is C25H31NO4. The quantitative estimate of drug-likeness (QED) is 0.613. The standard InChI is InChI=1S/C25H31NO4/c27-22-12-6-7-19(13-15-30-16-14-23(28)29)24(22)25(20-8-2-1-3-9-20)17-26(18-25)21-10-4-5-11-21/h1-3,6-9,12,21,27H,4-5,10-11,13-18H2,(H,28,29). The van der Waals surface area contributed by atoms with Crippen LogP contribution in [0.25, 0.3) is 0 Å². The molecule has 5 nitrogen and oxygen atoms in total. The number of hydrogen-bond acceptors (Lipinski definition) is 4. The SMILES string of the molecule is O=C(O)CCOCCc1cccc(O)c1C1(c2ccccc2)CN(C2CCCC2)C1. The first kappa shape index (κ1) is 20.9. The lowest BCUT2D eigenvalue weighted by Gasteiger charge is -2.54. The third-order valence-electron chi connectivity index (χ3n) is 6.70. The molecule has 1 heterocycles. The summed E-state index contributed by atoms with van der Waals surface area (Å²) in [5, 5.41) is 19.7. The minimum Gasteiger partial charge on any atom is -0.508 e. The minimum atomic E-state index is -0.849. The van der Waals surface area contributed by atoms with Crippen LogP contribution in [-0.4, -0.2) is 53.4 Å². The molecule has 1 saturated carbocycles. The zero-order valence-corrected chi connectivity index (χ0v) is 17.4. The lowest BCUT2D eigenvalue weighted by atomic mass is 9.66. The fourth-order valence-electron chi connectivity index (χ4n) is 5.21. The molecule has 2 aromatic rings. The van der Waals surface area contributed by atoms with E-state index < -0.39 is 5.97 Å². The summed E-state index contributed by atoms with van der Waals surface area (Å²) in [6, 6.07) is 16.9. The van der Waals surface area contributed by atoms with E-state index in [1.807, 2.05) is 12.1 Å². The van der Waals surface area contributed by atoms with E-state index in [1.165, 1.54) is 31.2 Å². The van der Waals surface area contributed by atoms with Crippen molar-refractivity contribution in [2.45, 2.75) is 50.0 Å². The van der Waals surface area contributed by atoms with E-state index in [0.29, 0.717) is 24.8 Å². The van der Waals surface area contributed by atoms with Gasteiger partial charge in [0.1, 0.15) is 5.75 Å². The van der Waals surface area contributed by atoms with Gasteiger partial charge in [-0.05, 0) is 36.5 Å². The predicted octanol–water partition coefficient (Wildman–Crippen LogP) is 3.97. The molecule has 5 heteroatoms. The van der Waals surface area contributed by atoms with Crippen molar-refractivity contribution in [3.8, 4) is 5.75 Å². The highest BCUT2D eigenvalue weighted by Gasteiger charge is 2.50. The van der Waals surface area contributed by atoms with Crippen LogP contribution in [0.4, 0.5) is 0 Å². The summed E-state index contributed by atoms with van der Waals surface area (Å²) in [6.45, 7) is 2.50. The second kappa shape index (κ2) is 9.19. The number of phenols is 1. The summed E-state index contributed by atoms with van der Waals surface area (Å²) in [7, 11) is 0. The molecule has 0 amide bonds. The van der Waals surface area contributed by atoms with Crippen molar-refractivity contribution in [2.75, 3.05) is 26.3 Å². The van der Waals surface area contributed by atoms with Gasteiger partial charge in [-0.3, -0.25) is 9.69 Å². The molecular weight excluding hydrogens is 378 g/mol. The van der Waals surface area contributed by atoms with Gasteiger partial charge < -0.3 is 14.9 Å². The Balaban J connectivity index is 1.59. The molecule has 1 aliphatic carbocycles. The van der Waals surface area contributed by atoms with Crippen LogP contribution in [0.5, 0.6) is 5.75 Å². The number of aliphatic carboxylic acids is 1. The van der Waals surface area contributed by atoms with Crippen LogP contribution >= 0.6 is 0 Å². The number of benzene rings is 2. The highest BCUT2D eigenvalue weighted by atomic mass is 16.5. The van der Waals surface area contributed by atoms with E-state index in [4.69, 9.17) is 9.84 Å². The van der Waals surface area contributed by atoms with E-state index >= 15 is 0 Å². The largest absolute Gasteiger partial charge is 0.508 e. The number of aromatic hydroxyl groups is 1. The Morgan fingerprint density at radius 3 is 2.47 bits per heavy atom. The first-order valence-corrected chi connectivity index (χ1v) is 11.0. The van der Waals surface area contributed by atoms with Gasteiger partial charge in [-0.2, -0.15) is 0 Å². The average Bonchev–Trinajstić information content (AvgIpc) is 3.23. The molecule has 0 bridgehead atoms. The molecule has 0 atom stereocenters. The minimum absolute atomic E-state index is 0.0111. The molecule has 2 N–H and O–H groups in total. The number of ether oxygens (including phenoxy) is 1. The molecule has 1 saturated heterocycles. The molecule has 0 unspecified atom stereocenters. The van der Waals surface area contributed by atoms with Crippen LogP contribution in [-0.2, 0) is 21.4 Å². The third kappa shape index (κ3) is 4.23. The Hall–Kier alpha value is -2.37. The summed E-state index contributed by atoms with van der Waals surface area (Å²) in [6.07, 6.45) is 5.84. The van der Waals surface area contributed by atoms with Crippen LogP contribution in [0, 0.1) is 0 Å². The van der Waals surface area contributed by atoms with Crippen molar-refractivity contribution in [1.82, 2.24) is 4.90 Å². The number of carboxylic acid groups (broad SMARTS) is 1. The number of hydrogen-bond donors (Lipinski definition) is 2. The second-order valence-corrected chi connectivity index (χ2v) is 8.61. The summed E-state index contributed by atoms with van der Waals surface area (Å²) < 4.78 is 5.54. The maximum Gasteiger partial charge on any atom is 0.305 e. The highest BCUT2D eigenvalue weighted by molar-refractivity contribution is 5.66. The van der Waals surface area contributed by atoms with Gasteiger partial charge in [0.15, 0.2) is 0 Å². The first-order valence-electron chi connectivity index (χ1n) is 11.0. The number of likely N-dealkylation sites (tertiary alicyclic amines) is 1. The van der Waals surface area contributed by atoms with Gasteiger partial charge in [0.25, 0.3) is 0 Å². The van der Waals surface area contributed by atoms with Crippen molar-refractivity contribution in [1.29, 1.82) is 0 Å².